The molecule has 114 valence electrons. The summed E-state index contributed by atoms with van der Waals surface area (Å²) in [5, 5.41) is 3.67. The Morgan fingerprint density at radius 2 is 2.00 bits per heavy atom. The fraction of sp³-hybridized carbons (Fsp3) is 0.429. The van der Waals surface area contributed by atoms with Gasteiger partial charge in [-0.15, -0.1) is 0 Å². The van der Waals surface area contributed by atoms with E-state index < -0.39 is 0 Å². The van der Waals surface area contributed by atoms with Gasteiger partial charge in [0, 0.05) is 48.3 Å². The number of carbonyl (C=O) groups is 2. The first-order chi connectivity index (χ1) is 9.97. The molecule has 21 heavy (non-hydrogen) atoms. The lowest BCUT2D eigenvalue weighted by Gasteiger charge is -2.29. The molecule has 0 bridgehead atoms. The first-order valence-corrected chi connectivity index (χ1v) is 7.84. The van der Waals surface area contributed by atoms with Gasteiger partial charge in [0.2, 0.25) is 5.91 Å². The van der Waals surface area contributed by atoms with Crippen LogP contribution in [0.2, 0.25) is 5.02 Å². The molecular weight excluding hydrogens is 358 g/mol. The second-order valence-electron chi connectivity index (χ2n) is 4.95. The summed E-state index contributed by atoms with van der Waals surface area (Å²) in [4.78, 5) is 27.7. The highest BCUT2D eigenvalue weighted by atomic mass is 79.9. The topological polar surface area (TPSA) is 52.7 Å². The van der Waals surface area contributed by atoms with Crippen LogP contribution in [0.25, 0.3) is 0 Å². The van der Waals surface area contributed by atoms with Crippen molar-refractivity contribution in [2.24, 2.45) is 0 Å². The van der Waals surface area contributed by atoms with Gasteiger partial charge >= 0.3 is 0 Å². The zero-order valence-corrected chi connectivity index (χ0v) is 14.1. The number of benzene rings is 1. The smallest absolute Gasteiger partial charge is 0.254 e. The molecule has 5 nitrogen and oxygen atoms in total. The molecule has 7 heteroatoms. The van der Waals surface area contributed by atoms with Gasteiger partial charge in [-0.05, 0) is 18.2 Å². The Morgan fingerprint density at radius 1 is 1.33 bits per heavy atom. The van der Waals surface area contributed by atoms with Gasteiger partial charge in [-0.2, -0.15) is 0 Å². The number of amides is 2. The highest BCUT2D eigenvalue weighted by Crippen LogP contribution is 2.20. The molecule has 1 heterocycles. The van der Waals surface area contributed by atoms with E-state index in [1.54, 1.807) is 30.1 Å². The number of hydrogen-bond acceptors (Lipinski definition) is 3. The molecule has 0 atom stereocenters. The Kier molecular flexibility index (Phi) is 5.61. The Balaban J connectivity index is 2.00. The van der Waals surface area contributed by atoms with E-state index in [1.807, 2.05) is 0 Å². The maximum Gasteiger partial charge on any atom is 0.254 e. The van der Waals surface area contributed by atoms with Crippen molar-refractivity contribution in [1.82, 2.24) is 15.1 Å². The standard InChI is InChI=1S/C14H17BrClN3O2/c1-18(9-13(20)19-4-2-17-3-5-19)14(21)10-6-11(15)8-12(16)7-10/h6-8,17H,2-5,9H2,1H3. The highest BCUT2D eigenvalue weighted by Gasteiger charge is 2.21. The normalized spacial score (nSPS) is 14.9. The summed E-state index contributed by atoms with van der Waals surface area (Å²) in [7, 11) is 1.62. The molecule has 1 aliphatic heterocycles. The van der Waals surface area contributed by atoms with Gasteiger partial charge in [0.25, 0.3) is 5.91 Å². The van der Waals surface area contributed by atoms with E-state index in [0.29, 0.717) is 23.7 Å². The number of rotatable bonds is 3. The van der Waals surface area contributed by atoms with Gasteiger partial charge in [0.1, 0.15) is 0 Å². The van der Waals surface area contributed by atoms with Gasteiger partial charge in [0.15, 0.2) is 0 Å². The molecule has 1 saturated heterocycles. The lowest BCUT2D eigenvalue weighted by atomic mass is 10.2. The number of carbonyl (C=O) groups excluding carboxylic acids is 2. The summed E-state index contributed by atoms with van der Waals surface area (Å²) < 4.78 is 0.736. The molecule has 2 amide bonds. The van der Waals surface area contributed by atoms with Crippen LogP contribution >= 0.6 is 27.5 Å². The summed E-state index contributed by atoms with van der Waals surface area (Å²) >= 11 is 9.25. The van der Waals surface area contributed by atoms with Crippen molar-refractivity contribution in [2.75, 3.05) is 39.8 Å². The lowest BCUT2D eigenvalue weighted by Crippen LogP contribution is -2.49. The fourth-order valence-corrected chi connectivity index (χ4v) is 3.05. The third-order valence-corrected chi connectivity index (χ3v) is 3.97. The molecule has 1 fully saturated rings. The molecule has 1 aliphatic rings. The summed E-state index contributed by atoms with van der Waals surface area (Å²) in [6, 6.07) is 5.00. The number of piperazine rings is 1. The molecule has 0 radical (unpaired) electrons. The van der Waals surface area contributed by atoms with Crippen LogP contribution in [0.1, 0.15) is 10.4 Å². The molecule has 0 saturated carbocycles. The number of nitrogens with zero attached hydrogens (tertiary/aromatic N) is 2. The van der Waals surface area contributed by atoms with E-state index in [0.717, 1.165) is 17.6 Å². The van der Waals surface area contributed by atoms with E-state index in [1.165, 1.54) is 4.90 Å². The minimum absolute atomic E-state index is 0.0338. The molecule has 1 N–H and O–H groups in total. The molecule has 0 spiro atoms. The maximum absolute atomic E-state index is 12.3. The second kappa shape index (κ2) is 7.24. The monoisotopic (exact) mass is 373 g/mol. The van der Waals surface area contributed by atoms with Crippen LogP contribution in [0.3, 0.4) is 0 Å². The Hall–Kier alpha value is -1.11. The van der Waals surface area contributed by atoms with Gasteiger partial charge in [0.05, 0.1) is 6.54 Å². The van der Waals surface area contributed by atoms with Gasteiger partial charge in [-0.1, -0.05) is 27.5 Å². The predicted molar refractivity (Wildman–Crippen MR) is 85.6 cm³/mol. The van der Waals surface area contributed by atoms with Gasteiger partial charge < -0.3 is 15.1 Å². The van der Waals surface area contributed by atoms with Crippen molar-refractivity contribution >= 4 is 39.3 Å². The van der Waals surface area contributed by atoms with E-state index in [-0.39, 0.29) is 18.4 Å². The largest absolute Gasteiger partial charge is 0.339 e. The van der Waals surface area contributed by atoms with E-state index in [2.05, 4.69) is 21.2 Å². The van der Waals surface area contributed by atoms with Gasteiger partial charge in [-0.25, -0.2) is 0 Å². The molecule has 2 rings (SSSR count). The molecule has 0 aliphatic carbocycles. The molecular formula is C14H17BrClN3O2. The van der Waals surface area contributed by atoms with Crippen LogP contribution in [0.5, 0.6) is 0 Å². The average molecular weight is 375 g/mol. The number of halogens is 2. The van der Waals surface area contributed by atoms with Crippen LogP contribution < -0.4 is 5.32 Å². The van der Waals surface area contributed by atoms with Crippen LogP contribution in [0, 0.1) is 0 Å². The predicted octanol–water partition coefficient (Wildman–Crippen LogP) is 1.61. The Labute approximate surface area is 137 Å². The van der Waals surface area contributed by atoms with Crippen molar-refractivity contribution in [2.45, 2.75) is 0 Å². The number of nitrogens with one attached hydrogen (secondary N) is 1. The number of hydrogen-bond donors (Lipinski definition) is 1. The molecule has 0 unspecified atom stereocenters. The first-order valence-electron chi connectivity index (χ1n) is 6.67. The first kappa shape index (κ1) is 16.3. The fourth-order valence-electron chi connectivity index (χ4n) is 2.19. The quantitative estimate of drug-likeness (QED) is 0.874. The van der Waals surface area contributed by atoms with Crippen molar-refractivity contribution in [3.63, 3.8) is 0 Å². The summed E-state index contributed by atoms with van der Waals surface area (Å²) in [6.07, 6.45) is 0. The van der Waals surface area contributed by atoms with Crippen molar-refractivity contribution in [3.8, 4) is 0 Å². The number of likely N-dealkylation sites (N-methyl/N-ethyl adjacent to an activating group) is 1. The molecule has 1 aromatic carbocycles. The second-order valence-corrected chi connectivity index (χ2v) is 6.30. The molecule has 0 aromatic heterocycles. The lowest BCUT2D eigenvalue weighted by molar-refractivity contribution is -0.132. The van der Waals surface area contributed by atoms with E-state index in [4.69, 9.17) is 11.6 Å². The zero-order chi connectivity index (χ0) is 15.4. The van der Waals surface area contributed by atoms with Crippen LogP contribution in [-0.2, 0) is 4.79 Å². The van der Waals surface area contributed by atoms with Crippen LogP contribution in [0.15, 0.2) is 22.7 Å². The molecule has 1 aromatic rings. The summed E-state index contributed by atoms with van der Waals surface area (Å²) in [5.74, 6) is -0.255. The highest BCUT2D eigenvalue weighted by molar-refractivity contribution is 9.10. The van der Waals surface area contributed by atoms with Crippen molar-refractivity contribution in [1.29, 1.82) is 0 Å². The summed E-state index contributed by atoms with van der Waals surface area (Å²) in [6.45, 7) is 3.03. The Morgan fingerprint density at radius 3 is 2.62 bits per heavy atom. The van der Waals surface area contributed by atoms with Crippen LogP contribution in [0.4, 0.5) is 0 Å². The van der Waals surface area contributed by atoms with Crippen molar-refractivity contribution < 1.29 is 9.59 Å². The van der Waals surface area contributed by atoms with E-state index >= 15 is 0 Å². The minimum Gasteiger partial charge on any atom is -0.339 e. The Bertz CT molecular complexity index is 527. The SMILES string of the molecule is CN(CC(=O)N1CCNCC1)C(=O)c1cc(Cl)cc(Br)c1. The van der Waals surface area contributed by atoms with Crippen molar-refractivity contribution in [3.05, 3.63) is 33.3 Å². The summed E-state index contributed by atoms with van der Waals surface area (Å²) in [5.41, 5.74) is 0.463. The average Bonchev–Trinajstić information content (AvgIpc) is 2.46. The third-order valence-electron chi connectivity index (χ3n) is 3.30. The maximum atomic E-state index is 12.3. The third kappa shape index (κ3) is 4.43. The van der Waals surface area contributed by atoms with Crippen LogP contribution in [-0.4, -0.2) is 61.4 Å². The van der Waals surface area contributed by atoms with Gasteiger partial charge in [-0.3, -0.25) is 9.59 Å². The minimum atomic E-state index is -0.221. The zero-order valence-electron chi connectivity index (χ0n) is 11.7. The van der Waals surface area contributed by atoms with E-state index in [9.17, 15) is 9.59 Å².